The van der Waals surface area contributed by atoms with Gasteiger partial charge in [-0.1, -0.05) is 84.9 Å². The van der Waals surface area contributed by atoms with Crippen LogP contribution in [0.3, 0.4) is 0 Å². The van der Waals surface area contributed by atoms with E-state index in [1.807, 2.05) is 0 Å². The molecule has 0 fully saturated rings. The number of rotatable bonds is 7. The maximum absolute atomic E-state index is 7.25. The van der Waals surface area contributed by atoms with E-state index in [1.165, 1.54) is 33.4 Å². The van der Waals surface area contributed by atoms with Crippen LogP contribution in [0.4, 0.5) is 0 Å². The third kappa shape index (κ3) is 4.65. The first kappa shape index (κ1) is 24.9. The summed E-state index contributed by atoms with van der Waals surface area (Å²) < 4.78 is 14.5. The molecule has 4 aliphatic carbocycles. The summed E-state index contributed by atoms with van der Waals surface area (Å²) in [6.07, 6.45) is 0. The standard InChI is InChI=1S/C30H38O2Si2/c1-29(31-33(3,4)5,27-21-19-23-15-11-9-13-17-25(23)27)30(2,32-34(6,7)8)28-22-20-24-16-12-10-14-18-26(24)28/h9-22H,1-8H3. The zero-order valence-electron chi connectivity index (χ0n) is 21.9. The highest BCUT2D eigenvalue weighted by Crippen LogP contribution is 2.54. The molecule has 0 aromatic carbocycles. The Morgan fingerprint density at radius 3 is 1.18 bits per heavy atom. The molecule has 4 aliphatic rings. The number of hydrogen-bond acceptors (Lipinski definition) is 2. The molecule has 34 heavy (non-hydrogen) atoms. The zero-order valence-corrected chi connectivity index (χ0v) is 23.9. The Labute approximate surface area is 207 Å². The van der Waals surface area contributed by atoms with Gasteiger partial charge in [-0.15, -0.1) is 0 Å². The van der Waals surface area contributed by atoms with Crippen molar-refractivity contribution in [3.05, 3.63) is 96.1 Å². The highest BCUT2D eigenvalue weighted by Gasteiger charge is 2.54. The zero-order chi connectivity index (χ0) is 24.8. The molecule has 2 unspecified atom stereocenters. The first-order valence-electron chi connectivity index (χ1n) is 12.2. The van der Waals surface area contributed by atoms with Gasteiger partial charge in [-0.05, 0) is 86.5 Å². The van der Waals surface area contributed by atoms with Crippen LogP contribution >= 0.6 is 0 Å². The first-order chi connectivity index (χ1) is 15.8. The van der Waals surface area contributed by atoms with Gasteiger partial charge in [-0.3, -0.25) is 0 Å². The Hall–Kier alpha value is -2.25. The lowest BCUT2D eigenvalue weighted by Gasteiger charge is -2.52. The van der Waals surface area contributed by atoms with Gasteiger partial charge >= 0.3 is 0 Å². The monoisotopic (exact) mass is 486 g/mol. The van der Waals surface area contributed by atoms with Crippen LogP contribution in [0.1, 0.15) is 25.0 Å². The van der Waals surface area contributed by atoms with Gasteiger partial charge in [0.1, 0.15) is 11.2 Å². The summed E-state index contributed by atoms with van der Waals surface area (Å²) in [5.41, 5.74) is 5.88. The molecule has 0 N–H and O–H groups in total. The Balaban J connectivity index is 2.04. The van der Waals surface area contributed by atoms with E-state index in [0.29, 0.717) is 0 Å². The number of fused-ring (bicyclic) bond motifs is 2. The molecule has 0 heterocycles. The molecule has 0 radical (unpaired) electrons. The maximum atomic E-state index is 7.25. The normalized spacial score (nSPS) is 16.4. The molecule has 0 spiro atoms. The highest BCUT2D eigenvalue weighted by molar-refractivity contribution is 6.70. The van der Waals surface area contributed by atoms with Gasteiger partial charge in [0.05, 0.1) is 0 Å². The quantitative estimate of drug-likeness (QED) is 0.243. The topological polar surface area (TPSA) is 18.5 Å². The lowest BCUT2D eigenvalue weighted by atomic mass is 9.74. The van der Waals surface area contributed by atoms with E-state index in [-0.39, 0.29) is 0 Å². The summed E-state index contributed by atoms with van der Waals surface area (Å²) in [6, 6.07) is 30.4. The lowest BCUT2D eigenvalue weighted by molar-refractivity contribution is -0.117. The average molecular weight is 487 g/mol. The van der Waals surface area contributed by atoms with Crippen LogP contribution in [0.2, 0.25) is 39.3 Å². The highest BCUT2D eigenvalue weighted by atomic mass is 28.4. The SMILES string of the molecule is CC(O[Si](C)(C)C)(c1ccc2cccccc1-2)C(C)(O[Si](C)(C)C)c1ccc2cccccc1-2. The molecule has 0 aliphatic heterocycles. The van der Waals surface area contributed by atoms with Gasteiger partial charge in [0.25, 0.3) is 0 Å². The summed E-state index contributed by atoms with van der Waals surface area (Å²) in [7, 11) is -4.00. The lowest BCUT2D eigenvalue weighted by Crippen LogP contribution is -2.56. The van der Waals surface area contributed by atoms with Crippen LogP contribution < -0.4 is 0 Å². The van der Waals surface area contributed by atoms with Crippen molar-refractivity contribution >= 4 is 16.6 Å². The molecular weight excluding hydrogens is 449 g/mol. The Morgan fingerprint density at radius 1 is 0.471 bits per heavy atom. The van der Waals surface area contributed by atoms with Gasteiger partial charge < -0.3 is 8.85 Å². The van der Waals surface area contributed by atoms with Crippen LogP contribution in [0.25, 0.3) is 22.3 Å². The van der Waals surface area contributed by atoms with Crippen molar-refractivity contribution in [3.63, 3.8) is 0 Å². The second kappa shape index (κ2) is 8.76. The maximum Gasteiger partial charge on any atom is 0.185 e. The fourth-order valence-electron chi connectivity index (χ4n) is 5.30. The van der Waals surface area contributed by atoms with Gasteiger partial charge in [-0.2, -0.15) is 0 Å². The molecule has 2 atom stereocenters. The van der Waals surface area contributed by atoms with Crippen molar-refractivity contribution < 1.29 is 8.85 Å². The molecular formula is C30H38O2Si2. The predicted molar refractivity (Wildman–Crippen MR) is 150 cm³/mol. The van der Waals surface area contributed by atoms with Crippen LogP contribution in [-0.2, 0) is 20.1 Å². The molecule has 2 nitrogen and oxygen atoms in total. The van der Waals surface area contributed by atoms with Crippen molar-refractivity contribution in [3.8, 4) is 22.3 Å². The van der Waals surface area contributed by atoms with Crippen molar-refractivity contribution in [2.75, 3.05) is 0 Å². The van der Waals surface area contributed by atoms with Gasteiger partial charge in [0.2, 0.25) is 0 Å². The van der Waals surface area contributed by atoms with Gasteiger partial charge in [-0.25, -0.2) is 0 Å². The average Bonchev–Trinajstić information content (AvgIpc) is 3.13. The van der Waals surface area contributed by atoms with E-state index in [1.54, 1.807) is 0 Å². The van der Waals surface area contributed by atoms with Crippen molar-refractivity contribution in [1.29, 1.82) is 0 Å². The summed E-state index contributed by atoms with van der Waals surface area (Å²) in [4.78, 5) is 0. The van der Waals surface area contributed by atoms with Crippen LogP contribution in [0.5, 0.6) is 0 Å². The minimum atomic E-state index is -2.00. The fraction of sp³-hybridized carbons (Fsp3) is 0.333. The molecule has 0 saturated carbocycles. The first-order valence-corrected chi connectivity index (χ1v) is 19.0. The Morgan fingerprint density at radius 2 is 0.824 bits per heavy atom. The molecule has 4 rings (SSSR count). The van der Waals surface area contributed by atoms with E-state index in [4.69, 9.17) is 8.85 Å². The minimum absolute atomic E-state index is 0.691. The third-order valence-corrected chi connectivity index (χ3v) is 8.58. The predicted octanol–water partition coefficient (Wildman–Crippen LogP) is 8.73. The van der Waals surface area contributed by atoms with E-state index in [0.717, 1.165) is 0 Å². The molecule has 0 bridgehead atoms. The minimum Gasteiger partial charge on any atom is -0.405 e. The molecule has 0 aromatic rings. The Kier molecular flexibility index (Phi) is 6.41. The molecule has 0 aromatic heterocycles. The van der Waals surface area contributed by atoms with Crippen LogP contribution in [0.15, 0.2) is 84.9 Å². The van der Waals surface area contributed by atoms with Gasteiger partial charge in [0, 0.05) is 0 Å². The Bertz CT molecular complexity index is 1130. The molecule has 0 amide bonds. The van der Waals surface area contributed by atoms with Crippen molar-refractivity contribution in [1.82, 2.24) is 0 Å². The third-order valence-electron chi connectivity index (χ3n) is 6.54. The summed E-state index contributed by atoms with van der Waals surface area (Å²) in [5, 5.41) is 0. The second-order valence-electron chi connectivity index (χ2n) is 11.5. The van der Waals surface area contributed by atoms with Crippen molar-refractivity contribution in [2.24, 2.45) is 0 Å². The summed E-state index contributed by atoms with van der Waals surface area (Å²) >= 11 is 0. The summed E-state index contributed by atoms with van der Waals surface area (Å²) in [6.45, 7) is 18.2. The van der Waals surface area contributed by atoms with Crippen LogP contribution in [0, 0.1) is 0 Å². The fourth-order valence-corrected chi connectivity index (χ4v) is 8.36. The summed E-state index contributed by atoms with van der Waals surface area (Å²) in [5.74, 6) is 0. The van der Waals surface area contributed by atoms with Gasteiger partial charge in [0.15, 0.2) is 16.6 Å². The van der Waals surface area contributed by atoms with E-state index >= 15 is 0 Å². The molecule has 178 valence electrons. The van der Waals surface area contributed by atoms with Crippen molar-refractivity contribution in [2.45, 2.75) is 64.3 Å². The second-order valence-corrected chi connectivity index (χ2v) is 20.4. The van der Waals surface area contributed by atoms with Crippen LogP contribution in [-0.4, -0.2) is 16.6 Å². The molecule has 0 saturated heterocycles. The smallest absolute Gasteiger partial charge is 0.185 e. The van der Waals surface area contributed by atoms with E-state index in [2.05, 4.69) is 138 Å². The van der Waals surface area contributed by atoms with E-state index in [9.17, 15) is 0 Å². The number of hydrogen-bond donors (Lipinski definition) is 0. The van der Waals surface area contributed by atoms with E-state index < -0.39 is 27.8 Å². The molecule has 4 heteroatoms. The largest absolute Gasteiger partial charge is 0.405 e.